The molecule has 3 heterocycles. The molecule has 0 spiro atoms. The van der Waals surface area contributed by atoms with Crippen LogP contribution in [0, 0.1) is 0 Å². The van der Waals surface area contributed by atoms with Crippen LogP contribution in [0.1, 0.15) is 0 Å². The number of rotatable bonds is 5. The normalized spacial score (nSPS) is 11.6. The topological polar surface area (TPSA) is 22.8 Å². The van der Waals surface area contributed by atoms with E-state index in [1.165, 1.54) is 60.6 Å². The van der Waals surface area contributed by atoms with Gasteiger partial charge in [0.2, 0.25) is 0 Å². The van der Waals surface area contributed by atoms with Crippen LogP contribution in [0.15, 0.2) is 188 Å². The minimum Gasteiger partial charge on any atom is -0.309 e. The molecule has 0 N–H and O–H groups in total. The van der Waals surface area contributed by atoms with Crippen molar-refractivity contribution in [1.82, 2.24) is 14.1 Å². The van der Waals surface area contributed by atoms with Crippen LogP contribution in [0.5, 0.6) is 0 Å². The molecule has 234 valence electrons. The first kappa shape index (κ1) is 28.3. The Kier molecular flexibility index (Phi) is 6.49. The number of aromatic nitrogens is 3. The maximum absolute atomic E-state index is 4.89. The van der Waals surface area contributed by atoms with E-state index in [0.29, 0.717) is 0 Å². The maximum Gasteiger partial charge on any atom is 0.145 e. The van der Waals surface area contributed by atoms with Crippen molar-refractivity contribution in [3.05, 3.63) is 188 Å². The molecule has 0 saturated heterocycles. The summed E-state index contributed by atoms with van der Waals surface area (Å²) in [5.41, 5.74) is 14.0. The molecule has 3 heteroatoms. The molecular weight excluding hydrogens is 607 g/mol. The summed E-state index contributed by atoms with van der Waals surface area (Å²) in [5, 5.41) is 4.83. The van der Waals surface area contributed by atoms with Crippen LogP contribution in [-0.2, 0) is 0 Å². The summed E-state index contributed by atoms with van der Waals surface area (Å²) in [6.45, 7) is 0. The fraction of sp³-hybridized carbons (Fsp3) is 0. The van der Waals surface area contributed by atoms with Crippen LogP contribution in [0.3, 0.4) is 0 Å². The number of para-hydroxylation sites is 1. The van der Waals surface area contributed by atoms with E-state index in [1.807, 2.05) is 12.3 Å². The highest BCUT2D eigenvalue weighted by molar-refractivity contribution is 6.17. The summed E-state index contributed by atoms with van der Waals surface area (Å²) in [4.78, 5) is 4.89. The van der Waals surface area contributed by atoms with Gasteiger partial charge in [-0.2, -0.15) is 0 Å². The van der Waals surface area contributed by atoms with Gasteiger partial charge in [-0.15, -0.1) is 0 Å². The predicted molar refractivity (Wildman–Crippen MR) is 209 cm³/mol. The highest BCUT2D eigenvalue weighted by Gasteiger charge is 2.19. The van der Waals surface area contributed by atoms with Crippen molar-refractivity contribution in [3.63, 3.8) is 0 Å². The number of pyridine rings is 1. The summed E-state index contributed by atoms with van der Waals surface area (Å²) < 4.78 is 4.70. The molecule has 10 aromatic rings. The number of hydrogen-bond donors (Lipinski definition) is 0. The molecule has 0 amide bonds. The molecule has 3 nitrogen and oxygen atoms in total. The Morgan fingerprint density at radius 3 is 1.78 bits per heavy atom. The van der Waals surface area contributed by atoms with Gasteiger partial charge < -0.3 is 4.57 Å². The second-order valence-corrected chi connectivity index (χ2v) is 12.8. The third-order valence-corrected chi connectivity index (χ3v) is 9.98. The molecule has 10 rings (SSSR count). The van der Waals surface area contributed by atoms with Crippen LogP contribution in [0.4, 0.5) is 0 Å². The van der Waals surface area contributed by atoms with Crippen molar-refractivity contribution in [1.29, 1.82) is 0 Å². The van der Waals surface area contributed by atoms with Gasteiger partial charge in [-0.05, 0) is 94.0 Å². The van der Waals surface area contributed by atoms with E-state index in [2.05, 4.69) is 185 Å². The van der Waals surface area contributed by atoms with E-state index >= 15 is 0 Å². The lowest BCUT2D eigenvalue weighted by molar-refractivity contribution is 1.14. The van der Waals surface area contributed by atoms with Crippen molar-refractivity contribution in [2.45, 2.75) is 0 Å². The molecular formula is C47H31N3. The van der Waals surface area contributed by atoms with Crippen molar-refractivity contribution >= 4 is 43.7 Å². The Morgan fingerprint density at radius 2 is 0.960 bits per heavy atom. The van der Waals surface area contributed by atoms with Gasteiger partial charge in [0.1, 0.15) is 5.65 Å². The molecule has 0 aliphatic rings. The first-order valence-corrected chi connectivity index (χ1v) is 17.1. The van der Waals surface area contributed by atoms with Gasteiger partial charge in [0.05, 0.1) is 16.6 Å². The van der Waals surface area contributed by atoms with Crippen LogP contribution in [-0.4, -0.2) is 14.1 Å². The maximum atomic E-state index is 4.89. The third kappa shape index (κ3) is 4.48. The third-order valence-electron chi connectivity index (χ3n) is 9.98. The zero-order chi connectivity index (χ0) is 33.0. The van der Waals surface area contributed by atoms with Gasteiger partial charge in [0, 0.05) is 39.1 Å². The summed E-state index contributed by atoms with van der Waals surface area (Å²) in [5.74, 6) is 0. The monoisotopic (exact) mass is 637 g/mol. The fourth-order valence-electron chi connectivity index (χ4n) is 7.70. The molecule has 0 unspecified atom stereocenters. The lowest BCUT2D eigenvalue weighted by Gasteiger charge is -2.11. The molecule has 7 aromatic carbocycles. The molecule has 0 atom stereocenters. The molecule has 0 fully saturated rings. The first-order valence-electron chi connectivity index (χ1n) is 17.1. The minimum absolute atomic E-state index is 0.959. The number of hydrogen-bond acceptors (Lipinski definition) is 1. The van der Waals surface area contributed by atoms with E-state index in [1.54, 1.807) is 0 Å². The van der Waals surface area contributed by atoms with Gasteiger partial charge in [-0.1, -0.05) is 121 Å². The Balaban J connectivity index is 1.15. The second kappa shape index (κ2) is 11.5. The molecule has 3 aromatic heterocycles. The van der Waals surface area contributed by atoms with E-state index in [0.717, 1.165) is 27.9 Å². The zero-order valence-electron chi connectivity index (χ0n) is 27.2. The summed E-state index contributed by atoms with van der Waals surface area (Å²) in [6.07, 6.45) is 1.89. The smallest absolute Gasteiger partial charge is 0.145 e. The molecule has 0 aliphatic carbocycles. The zero-order valence-corrected chi connectivity index (χ0v) is 27.2. The Morgan fingerprint density at radius 1 is 0.340 bits per heavy atom. The quantitative estimate of drug-likeness (QED) is 0.184. The molecule has 50 heavy (non-hydrogen) atoms. The second-order valence-electron chi connectivity index (χ2n) is 12.8. The Hall–Kier alpha value is -6.71. The number of benzene rings is 7. The average molecular weight is 638 g/mol. The molecule has 0 aliphatic heterocycles. The molecule has 0 bridgehead atoms. The minimum atomic E-state index is 0.959. The van der Waals surface area contributed by atoms with Crippen LogP contribution < -0.4 is 0 Å². The molecule has 0 radical (unpaired) electrons. The fourth-order valence-corrected chi connectivity index (χ4v) is 7.70. The average Bonchev–Trinajstić information content (AvgIpc) is 3.71. The summed E-state index contributed by atoms with van der Waals surface area (Å²) >= 11 is 0. The van der Waals surface area contributed by atoms with Crippen molar-refractivity contribution < 1.29 is 0 Å². The number of fused-ring (bicyclic) bond motifs is 6. The summed E-state index contributed by atoms with van der Waals surface area (Å²) in [7, 11) is 0. The van der Waals surface area contributed by atoms with Crippen LogP contribution >= 0.6 is 0 Å². The standard InChI is InChI=1S/C47H31N3/c1-3-12-32(13-4-1)34-23-26-37(27-24-34)50-44-28-25-36(31-42(44)40-20-11-29-48-47(40)50)39-19-10-22-45-46(39)41-18-7-8-21-43(41)49(45)38-17-9-16-35(30-38)33-14-5-2-6-15-33/h1-31H. The number of nitrogens with zero attached hydrogens (tertiary/aromatic N) is 3. The van der Waals surface area contributed by atoms with Gasteiger partial charge in [-0.3, -0.25) is 4.57 Å². The SMILES string of the molecule is c1ccc(-c2ccc(-n3c4ccc(-c5cccc6c5c5ccccc5n6-c5cccc(-c6ccccc6)c5)cc4c4cccnc43)cc2)cc1. The van der Waals surface area contributed by atoms with E-state index in [9.17, 15) is 0 Å². The molecule has 0 saturated carbocycles. The van der Waals surface area contributed by atoms with Gasteiger partial charge in [0.25, 0.3) is 0 Å². The Labute approximate surface area is 290 Å². The van der Waals surface area contributed by atoms with Crippen LogP contribution in [0.25, 0.3) is 88.5 Å². The van der Waals surface area contributed by atoms with Crippen LogP contribution in [0.2, 0.25) is 0 Å². The van der Waals surface area contributed by atoms with E-state index in [-0.39, 0.29) is 0 Å². The van der Waals surface area contributed by atoms with Crippen molar-refractivity contribution in [2.24, 2.45) is 0 Å². The van der Waals surface area contributed by atoms with Crippen molar-refractivity contribution in [3.8, 4) is 44.8 Å². The van der Waals surface area contributed by atoms with Gasteiger partial charge in [0.15, 0.2) is 0 Å². The summed E-state index contributed by atoms with van der Waals surface area (Å²) in [6, 6.07) is 65.4. The lowest BCUT2D eigenvalue weighted by Crippen LogP contribution is -1.95. The predicted octanol–water partition coefficient (Wildman–Crippen LogP) is 12.3. The van der Waals surface area contributed by atoms with Crippen molar-refractivity contribution in [2.75, 3.05) is 0 Å². The highest BCUT2D eigenvalue weighted by atomic mass is 15.0. The highest BCUT2D eigenvalue weighted by Crippen LogP contribution is 2.41. The largest absolute Gasteiger partial charge is 0.309 e. The van der Waals surface area contributed by atoms with Gasteiger partial charge >= 0.3 is 0 Å². The first-order chi connectivity index (χ1) is 24.8. The Bertz CT molecular complexity index is 2840. The van der Waals surface area contributed by atoms with E-state index in [4.69, 9.17) is 4.98 Å². The lowest BCUT2D eigenvalue weighted by atomic mass is 9.98. The van der Waals surface area contributed by atoms with E-state index < -0.39 is 0 Å². The van der Waals surface area contributed by atoms with Gasteiger partial charge in [-0.25, -0.2) is 4.98 Å².